The second kappa shape index (κ2) is 9.14. The standard InChI is InChI=1S/C17H28BrClN2/c1-12(2)10-13(3)21(5)9-8-17(20-4)15-7-6-14(18)11-16(15)19/h6-7,11-13,17,20H,8-10H2,1-5H3. The highest BCUT2D eigenvalue weighted by Crippen LogP contribution is 2.28. The zero-order valence-electron chi connectivity index (χ0n) is 13.8. The van der Waals surface area contributed by atoms with Crippen LogP contribution in [-0.4, -0.2) is 31.6 Å². The highest BCUT2D eigenvalue weighted by atomic mass is 79.9. The molecular formula is C17H28BrClN2. The summed E-state index contributed by atoms with van der Waals surface area (Å²) in [6.45, 7) is 7.93. The topological polar surface area (TPSA) is 15.3 Å². The molecule has 0 heterocycles. The molecule has 0 spiro atoms. The van der Waals surface area contributed by atoms with Gasteiger partial charge in [-0.1, -0.05) is 47.4 Å². The van der Waals surface area contributed by atoms with E-state index in [0.717, 1.165) is 28.4 Å². The van der Waals surface area contributed by atoms with Crippen molar-refractivity contribution in [3.63, 3.8) is 0 Å². The molecule has 0 saturated carbocycles. The lowest BCUT2D eigenvalue weighted by molar-refractivity contribution is 0.218. The summed E-state index contributed by atoms with van der Waals surface area (Å²) >= 11 is 9.82. The summed E-state index contributed by atoms with van der Waals surface area (Å²) in [5.41, 5.74) is 1.17. The van der Waals surface area contributed by atoms with Crippen LogP contribution in [0.2, 0.25) is 5.02 Å². The summed E-state index contributed by atoms with van der Waals surface area (Å²) in [4.78, 5) is 2.44. The molecule has 0 aliphatic rings. The van der Waals surface area contributed by atoms with Crippen LogP contribution in [0.1, 0.15) is 45.2 Å². The molecular weight excluding hydrogens is 348 g/mol. The molecule has 120 valence electrons. The molecule has 1 aromatic carbocycles. The molecule has 0 bridgehead atoms. The fourth-order valence-corrected chi connectivity index (χ4v) is 3.46. The smallest absolute Gasteiger partial charge is 0.0465 e. The Morgan fingerprint density at radius 2 is 1.95 bits per heavy atom. The third-order valence-electron chi connectivity index (χ3n) is 4.02. The Kier molecular flexibility index (Phi) is 8.25. The summed E-state index contributed by atoms with van der Waals surface area (Å²) in [6.07, 6.45) is 2.29. The van der Waals surface area contributed by atoms with Crippen LogP contribution in [0.15, 0.2) is 22.7 Å². The van der Waals surface area contributed by atoms with Crippen molar-refractivity contribution in [2.45, 2.75) is 45.7 Å². The van der Waals surface area contributed by atoms with Gasteiger partial charge in [0.1, 0.15) is 0 Å². The minimum absolute atomic E-state index is 0.291. The van der Waals surface area contributed by atoms with Gasteiger partial charge in [0.2, 0.25) is 0 Å². The SMILES string of the molecule is CNC(CCN(C)C(C)CC(C)C)c1ccc(Br)cc1Cl. The molecule has 4 heteroatoms. The zero-order chi connectivity index (χ0) is 16.0. The maximum atomic E-state index is 6.37. The Morgan fingerprint density at radius 3 is 2.48 bits per heavy atom. The molecule has 1 rings (SSSR count). The van der Waals surface area contributed by atoms with Gasteiger partial charge in [-0.2, -0.15) is 0 Å². The van der Waals surface area contributed by atoms with Gasteiger partial charge in [0.15, 0.2) is 0 Å². The fraction of sp³-hybridized carbons (Fsp3) is 0.647. The van der Waals surface area contributed by atoms with E-state index in [0.29, 0.717) is 12.1 Å². The molecule has 2 unspecified atom stereocenters. The van der Waals surface area contributed by atoms with Crippen LogP contribution in [0.25, 0.3) is 0 Å². The Hall–Kier alpha value is -0.0900. The van der Waals surface area contributed by atoms with E-state index in [1.165, 1.54) is 12.0 Å². The van der Waals surface area contributed by atoms with Crippen molar-refractivity contribution in [3.05, 3.63) is 33.3 Å². The van der Waals surface area contributed by atoms with Gasteiger partial charge in [-0.15, -0.1) is 0 Å². The maximum absolute atomic E-state index is 6.37. The molecule has 0 saturated heterocycles. The van der Waals surface area contributed by atoms with E-state index in [1.54, 1.807) is 0 Å². The van der Waals surface area contributed by atoms with Crippen molar-refractivity contribution in [3.8, 4) is 0 Å². The number of hydrogen-bond acceptors (Lipinski definition) is 2. The number of nitrogens with zero attached hydrogens (tertiary/aromatic N) is 1. The van der Waals surface area contributed by atoms with Gasteiger partial charge in [-0.3, -0.25) is 0 Å². The normalized spacial score (nSPS) is 14.7. The molecule has 0 radical (unpaired) electrons. The lowest BCUT2D eigenvalue weighted by Crippen LogP contribution is -2.33. The Balaban J connectivity index is 2.62. The molecule has 0 aromatic heterocycles. The van der Waals surface area contributed by atoms with E-state index in [1.807, 2.05) is 13.1 Å². The molecule has 2 atom stereocenters. The van der Waals surface area contributed by atoms with Crippen molar-refractivity contribution >= 4 is 27.5 Å². The maximum Gasteiger partial charge on any atom is 0.0465 e. The van der Waals surface area contributed by atoms with E-state index in [-0.39, 0.29) is 0 Å². The summed E-state index contributed by atoms with van der Waals surface area (Å²) < 4.78 is 1.02. The van der Waals surface area contributed by atoms with Crippen LogP contribution in [0, 0.1) is 5.92 Å². The van der Waals surface area contributed by atoms with Crippen molar-refractivity contribution < 1.29 is 0 Å². The van der Waals surface area contributed by atoms with E-state index in [2.05, 4.69) is 66.1 Å². The third kappa shape index (κ3) is 6.27. The molecule has 0 aliphatic carbocycles. The van der Waals surface area contributed by atoms with Gasteiger partial charge < -0.3 is 10.2 Å². The van der Waals surface area contributed by atoms with Crippen LogP contribution >= 0.6 is 27.5 Å². The molecule has 1 N–H and O–H groups in total. The van der Waals surface area contributed by atoms with Crippen molar-refractivity contribution in [1.29, 1.82) is 0 Å². The molecule has 21 heavy (non-hydrogen) atoms. The lowest BCUT2D eigenvalue weighted by Gasteiger charge is -2.28. The molecule has 0 amide bonds. The lowest BCUT2D eigenvalue weighted by atomic mass is 10.0. The first-order valence-corrected chi connectivity index (χ1v) is 8.84. The van der Waals surface area contributed by atoms with Gasteiger partial charge in [0, 0.05) is 21.6 Å². The number of halogens is 2. The van der Waals surface area contributed by atoms with Crippen molar-refractivity contribution in [2.24, 2.45) is 5.92 Å². The first-order valence-electron chi connectivity index (χ1n) is 7.67. The average Bonchev–Trinajstić information content (AvgIpc) is 2.40. The van der Waals surface area contributed by atoms with Gasteiger partial charge in [0.25, 0.3) is 0 Å². The van der Waals surface area contributed by atoms with E-state index in [9.17, 15) is 0 Å². The Morgan fingerprint density at radius 1 is 1.29 bits per heavy atom. The molecule has 1 aromatic rings. The minimum Gasteiger partial charge on any atom is -0.313 e. The first kappa shape index (κ1) is 19.0. The quantitative estimate of drug-likeness (QED) is 0.678. The third-order valence-corrected chi connectivity index (χ3v) is 4.84. The summed E-state index contributed by atoms with van der Waals surface area (Å²) in [5.74, 6) is 0.739. The van der Waals surface area contributed by atoms with Crippen LogP contribution in [0.4, 0.5) is 0 Å². The fourth-order valence-electron chi connectivity index (χ4n) is 2.65. The van der Waals surface area contributed by atoms with Gasteiger partial charge >= 0.3 is 0 Å². The number of rotatable bonds is 8. The van der Waals surface area contributed by atoms with Crippen LogP contribution in [-0.2, 0) is 0 Å². The van der Waals surface area contributed by atoms with Gasteiger partial charge in [0.05, 0.1) is 0 Å². The number of nitrogens with one attached hydrogen (secondary N) is 1. The van der Waals surface area contributed by atoms with Crippen LogP contribution in [0.3, 0.4) is 0 Å². The van der Waals surface area contributed by atoms with E-state index < -0.39 is 0 Å². The van der Waals surface area contributed by atoms with Gasteiger partial charge in [-0.05, 0) is 64.0 Å². The van der Waals surface area contributed by atoms with Crippen molar-refractivity contribution in [1.82, 2.24) is 10.2 Å². The molecule has 2 nitrogen and oxygen atoms in total. The summed E-state index contributed by atoms with van der Waals surface area (Å²) in [7, 11) is 4.21. The monoisotopic (exact) mass is 374 g/mol. The Labute approximate surface area is 143 Å². The van der Waals surface area contributed by atoms with Crippen molar-refractivity contribution in [2.75, 3.05) is 20.6 Å². The second-order valence-electron chi connectivity index (χ2n) is 6.25. The van der Waals surface area contributed by atoms with Crippen LogP contribution < -0.4 is 5.32 Å². The van der Waals surface area contributed by atoms with Crippen LogP contribution in [0.5, 0.6) is 0 Å². The van der Waals surface area contributed by atoms with Gasteiger partial charge in [-0.25, -0.2) is 0 Å². The van der Waals surface area contributed by atoms with E-state index >= 15 is 0 Å². The first-order chi connectivity index (χ1) is 9.85. The highest BCUT2D eigenvalue weighted by Gasteiger charge is 2.16. The minimum atomic E-state index is 0.291. The highest BCUT2D eigenvalue weighted by molar-refractivity contribution is 9.10. The molecule has 0 aliphatic heterocycles. The van der Waals surface area contributed by atoms with E-state index in [4.69, 9.17) is 11.6 Å². The molecule has 0 fully saturated rings. The Bertz CT molecular complexity index is 437. The summed E-state index contributed by atoms with van der Waals surface area (Å²) in [5, 5.41) is 4.21. The largest absolute Gasteiger partial charge is 0.313 e. The summed E-state index contributed by atoms with van der Waals surface area (Å²) in [6, 6.07) is 7.02. The number of hydrogen-bond donors (Lipinski definition) is 1. The zero-order valence-corrected chi connectivity index (χ0v) is 16.1. The second-order valence-corrected chi connectivity index (χ2v) is 7.58. The predicted octanol–water partition coefficient (Wildman–Crippen LogP) is 5.12. The predicted molar refractivity (Wildman–Crippen MR) is 97.1 cm³/mol. The number of benzene rings is 1. The average molecular weight is 376 g/mol.